The molecule has 8 nitrogen and oxygen atoms in total. The molecule has 0 radical (unpaired) electrons. The number of aryl methyl sites for hydroxylation is 2. The summed E-state index contributed by atoms with van der Waals surface area (Å²) in [5.74, 6) is 0.790. The maximum atomic E-state index is 13.7. The number of anilines is 1. The number of pyridine rings is 1. The van der Waals surface area contributed by atoms with Gasteiger partial charge in [-0.1, -0.05) is 44.4 Å². The van der Waals surface area contributed by atoms with Crippen LogP contribution in [0.4, 0.5) is 5.69 Å². The number of aromatic amines is 1. The van der Waals surface area contributed by atoms with Gasteiger partial charge in [-0.15, -0.1) is 5.10 Å². The highest BCUT2D eigenvalue weighted by Crippen LogP contribution is 2.34. The van der Waals surface area contributed by atoms with E-state index < -0.39 is 0 Å². The van der Waals surface area contributed by atoms with E-state index in [4.69, 9.17) is 0 Å². The molecule has 8 heteroatoms. The fourth-order valence-electron chi connectivity index (χ4n) is 6.46. The lowest BCUT2D eigenvalue weighted by Crippen LogP contribution is -2.49. The van der Waals surface area contributed by atoms with Crippen molar-refractivity contribution in [2.24, 2.45) is 0 Å². The van der Waals surface area contributed by atoms with Crippen molar-refractivity contribution >= 4 is 16.6 Å². The summed E-state index contributed by atoms with van der Waals surface area (Å²) in [6, 6.07) is 14.9. The molecule has 1 saturated heterocycles. The number of fused-ring (bicyclic) bond motifs is 1. The van der Waals surface area contributed by atoms with Crippen molar-refractivity contribution in [3.8, 4) is 0 Å². The van der Waals surface area contributed by atoms with E-state index in [2.05, 4.69) is 87.5 Å². The molecule has 2 aromatic carbocycles. The molecule has 1 aliphatic heterocycles. The van der Waals surface area contributed by atoms with Gasteiger partial charge in [-0.2, -0.15) is 0 Å². The largest absolute Gasteiger partial charge is 0.369 e. The zero-order chi connectivity index (χ0) is 26.9. The molecule has 0 spiro atoms. The lowest BCUT2D eigenvalue weighted by Gasteiger charge is -2.40. The van der Waals surface area contributed by atoms with Crippen molar-refractivity contribution < 1.29 is 0 Å². The van der Waals surface area contributed by atoms with Gasteiger partial charge in [0.1, 0.15) is 6.04 Å². The number of piperazine rings is 1. The molecule has 0 bridgehead atoms. The molecule has 39 heavy (non-hydrogen) atoms. The second-order valence-electron chi connectivity index (χ2n) is 11.2. The van der Waals surface area contributed by atoms with Gasteiger partial charge < -0.3 is 9.88 Å². The molecular weight excluding hydrogens is 486 g/mol. The first-order valence-corrected chi connectivity index (χ1v) is 14.5. The Morgan fingerprint density at radius 2 is 1.79 bits per heavy atom. The molecule has 2 aliphatic rings. The van der Waals surface area contributed by atoms with Gasteiger partial charge in [0.25, 0.3) is 5.56 Å². The molecule has 1 atom stereocenters. The molecule has 2 fully saturated rings. The van der Waals surface area contributed by atoms with Crippen molar-refractivity contribution in [2.45, 2.75) is 71.4 Å². The fraction of sp³-hybridized carbons (Fsp3) is 0.484. The average Bonchev–Trinajstić information content (AvgIpc) is 3.45. The van der Waals surface area contributed by atoms with Crippen LogP contribution in [0.2, 0.25) is 0 Å². The second-order valence-corrected chi connectivity index (χ2v) is 11.2. The van der Waals surface area contributed by atoms with E-state index in [1.165, 1.54) is 41.6 Å². The number of H-pyrrole nitrogens is 1. The highest BCUT2D eigenvalue weighted by atomic mass is 16.1. The Balaban J connectivity index is 1.39. The smallest absolute Gasteiger partial charge is 0.253 e. The summed E-state index contributed by atoms with van der Waals surface area (Å²) < 4.78 is 2.03. The number of rotatable bonds is 6. The normalized spacial score (nSPS) is 18.1. The zero-order valence-electron chi connectivity index (χ0n) is 23.4. The maximum Gasteiger partial charge on any atom is 0.253 e. The lowest BCUT2D eigenvalue weighted by atomic mass is 9.95. The molecule has 6 rings (SSSR count). The van der Waals surface area contributed by atoms with Crippen molar-refractivity contribution in [1.29, 1.82) is 0 Å². The summed E-state index contributed by atoms with van der Waals surface area (Å²) >= 11 is 0. The minimum absolute atomic E-state index is 0.0631. The Morgan fingerprint density at radius 1 is 1.00 bits per heavy atom. The van der Waals surface area contributed by atoms with Crippen molar-refractivity contribution in [2.75, 3.05) is 31.1 Å². The first-order chi connectivity index (χ1) is 19.0. The highest BCUT2D eigenvalue weighted by molar-refractivity contribution is 5.80. The number of aromatic nitrogens is 5. The molecule has 2 aromatic heterocycles. The van der Waals surface area contributed by atoms with Gasteiger partial charge in [-0.25, -0.2) is 4.68 Å². The number of hydrogen-bond acceptors (Lipinski definition) is 6. The topological polar surface area (TPSA) is 82.9 Å². The monoisotopic (exact) mass is 525 g/mol. The van der Waals surface area contributed by atoms with Crippen LogP contribution in [0.25, 0.3) is 10.9 Å². The highest BCUT2D eigenvalue weighted by Gasteiger charge is 2.34. The molecule has 1 saturated carbocycles. The van der Waals surface area contributed by atoms with E-state index >= 15 is 0 Å². The fourth-order valence-corrected chi connectivity index (χ4v) is 6.46. The van der Waals surface area contributed by atoms with Gasteiger partial charge in [0.2, 0.25) is 0 Å². The van der Waals surface area contributed by atoms with E-state index in [1.54, 1.807) is 0 Å². The summed E-state index contributed by atoms with van der Waals surface area (Å²) in [4.78, 5) is 21.7. The van der Waals surface area contributed by atoms with Crippen LogP contribution in [0.5, 0.6) is 0 Å². The van der Waals surface area contributed by atoms with E-state index in [0.29, 0.717) is 0 Å². The van der Waals surface area contributed by atoms with E-state index in [-0.39, 0.29) is 17.6 Å². The number of tetrazole rings is 1. The second kappa shape index (κ2) is 10.9. The molecule has 1 N–H and O–H groups in total. The summed E-state index contributed by atoms with van der Waals surface area (Å²) in [7, 11) is 0. The SMILES string of the molecule is CCc1ccc2[nH]c(=O)c(C(c3nnnn3C3CCCCC3)N3CCN(c4cccc(C)c4C)CC3)cc2c1. The first-order valence-electron chi connectivity index (χ1n) is 14.5. The molecular formula is C31H39N7O. The van der Waals surface area contributed by atoms with Crippen LogP contribution >= 0.6 is 0 Å². The minimum atomic E-state index is -0.305. The maximum absolute atomic E-state index is 13.7. The van der Waals surface area contributed by atoms with Crippen molar-refractivity contribution in [1.82, 2.24) is 30.1 Å². The summed E-state index contributed by atoms with van der Waals surface area (Å²) in [6.07, 6.45) is 6.77. The predicted octanol–water partition coefficient (Wildman–Crippen LogP) is 5.11. The average molecular weight is 526 g/mol. The van der Waals surface area contributed by atoms with Crippen molar-refractivity contribution in [3.05, 3.63) is 80.9 Å². The van der Waals surface area contributed by atoms with Crippen molar-refractivity contribution in [3.63, 3.8) is 0 Å². The minimum Gasteiger partial charge on any atom is -0.369 e. The Bertz CT molecular complexity index is 1510. The third-order valence-electron chi connectivity index (χ3n) is 8.92. The molecule has 1 aliphatic carbocycles. The van der Waals surface area contributed by atoms with Crippen LogP contribution in [0.15, 0.2) is 47.3 Å². The Kier molecular flexibility index (Phi) is 7.21. The van der Waals surface area contributed by atoms with Gasteiger partial charge >= 0.3 is 0 Å². The van der Waals surface area contributed by atoms with Crippen LogP contribution < -0.4 is 10.5 Å². The number of hydrogen-bond donors (Lipinski definition) is 1. The number of nitrogens with zero attached hydrogens (tertiary/aromatic N) is 6. The van der Waals surface area contributed by atoms with Crippen LogP contribution in [-0.4, -0.2) is 56.3 Å². The van der Waals surface area contributed by atoms with E-state index in [9.17, 15) is 4.79 Å². The third kappa shape index (κ3) is 4.98. The Morgan fingerprint density at radius 3 is 2.56 bits per heavy atom. The summed E-state index contributed by atoms with van der Waals surface area (Å²) in [5.41, 5.74) is 6.73. The molecule has 3 heterocycles. The third-order valence-corrected chi connectivity index (χ3v) is 8.92. The Labute approximate surface area is 230 Å². The van der Waals surface area contributed by atoms with Gasteiger partial charge in [-0.3, -0.25) is 9.69 Å². The van der Waals surface area contributed by atoms with Crippen LogP contribution in [0, 0.1) is 13.8 Å². The standard InChI is InChI=1S/C31H39N7O/c1-4-23-13-14-27-24(19-23)20-26(31(39)32-27)29(30-33-34-35-38(30)25-10-6-5-7-11-25)37-17-15-36(16-18-37)28-12-8-9-21(2)22(28)3/h8-9,12-14,19-20,25,29H,4-7,10-11,15-18H2,1-3H3,(H,32,39). The molecule has 1 unspecified atom stereocenters. The van der Waals surface area contributed by atoms with Gasteiger partial charge in [0, 0.05) is 42.9 Å². The lowest BCUT2D eigenvalue weighted by molar-refractivity contribution is 0.192. The zero-order valence-corrected chi connectivity index (χ0v) is 23.4. The molecule has 0 amide bonds. The first kappa shape index (κ1) is 25.7. The van der Waals surface area contributed by atoms with Gasteiger partial charge in [0.05, 0.1) is 6.04 Å². The molecule has 204 valence electrons. The molecule has 4 aromatic rings. The number of benzene rings is 2. The summed E-state index contributed by atoms with van der Waals surface area (Å²) in [5, 5.41) is 14.3. The number of nitrogens with one attached hydrogen (secondary N) is 1. The quantitative estimate of drug-likeness (QED) is 0.377. The van der Waals surface area contributed by atoms with Crippen LogP contribution in [0.1, 0.15) is 79.2 Å². The Hall–Kier alpha value is -3.52. The van der Waals surface area contributed by atoms with Gasteiger partial charge in [0.15, 0.2) is 5.82 Å². The van der Waals surface area contributed by atoms with E-state index in [1.807, 2.05) is 10.7 Å². The summed E-state index contributed by atoms with van der Waals surface area (Å²) in [6.45, 7) is 9.95. The van der Waals surface area contributed by atoms with Gasteiger partial charge in [-0.05, 0) is 89.9 Å². The predicted molar refractivity (Wildman–Crippen MR) is 155 cm³/mol. The van der Waals surface area contributed by atoms with Crippen LogP contribution in [-0.2, 0) is 6.42 Å². The van der Waals surface area contributed by atoms with Crippen LogP contribution in [0.3, 0.4) is 0 Å². The van der Waals surface area contributed by atoms with E-state index in [0.717, 1.165) is 67.7 Å².